The predicted octanol–water partition coefficient (Wildman–Crippen LogP) is 3.26. The van der Waals surface area contributed by atoms with Crippen LogP contribution in [0.2, 0.25) is 10.0 Å². The third-order valence-corrected chi connectivity index (χ3v) is 3.13. The highest BCUT2D eigenvalue weighted by molar-refractivity contribution is 6.35. The Morgan fingerprint density at radius 1 is 1.42 bits per heavy atom. The van der Waals surface area contributed by atoms with Crippen molar-refractivity contribution in [3.8, 4) is 0 Å². The summed E-state index contributed by atoms with van der Waals surface area (Å²) in [5, 5.41) is 3.93. The van der Waals surface area contributed by atoms with Crippen molar-refractivity contribution < 1.29 is 9.21 Å². The van der Waals surface area contributed by atoms with E-state index in [1.165, 1.54) is 6.20 Å². The molecule has 0 atom stereocenters. The van der Waals surface area contributed by atoms with Gasteiger partial charge in [-0.15, -0.1) is 0 Å². The van der Waals surface area contributed by atoms with Crippen LogP contribution in [0.1, 0.15) is 22.0 Å². The number of benzene rings is 1. The van der Waals surface area contributed by atoms with Gasteiger partial charge in [-0.25, -0.2) is 4.98 Å². The minimum absolute atomic E-state index is 0.208. The highest BCUT2D eigenvalue weighted by Crippen LogP contribution is 2.21. The summed E-state index contributed by atoms with van der Waals surface area (Å²) in [5.41, 5.74) is 0.931. The molecule has 0 unspecified atom stereocenters. The Labute approximate surface area is 120 Å². The highest BCUT2D eigenvalue weighted by Gasteiger charge is 2.10. The molecule has 0 bridgehead atoms. The number of oxazole rings is 1. The molecule has 2 aromatic rings. The average molecular weight is 299 g/mol. The molecule has 1 heterocycles. The lowest BCUT2D eigenvalue weighted by Gasteiger charge is -2.05. The van der Waals surface area contributed by atoms with Crippen molar-refractivity contribution in [3.63, 3.8) is 0 Å². The molecule has 0 saturated carbocycles. The fraction of sp³-hybridized carbons (Fsp3) is 0.231. The van der Waals surface area contributed by atoms with Crippen molar-refractivity contribution in [1.82, 2.24) is 10.3 Å². The topological polar surface area (TPSA) is 55.1 Å². The fourth-order valence-corrected chi connectivity index (χ4v) is 2.09. The molecule has 100 valence electrons. The Kier molecular flexibility index (Phi) is 4.45. The van der Waals surface area contributed by atoms with E-state index in [0.29, 0.717) is 28.9 Å². The van der Waals surface area contributed by atoms with E-state index in [1.54, 1.807) is 19.1 Å². The number of aromatic nitrogens is 1. The summed E-state index contributed by atoms with van der Waals surface area (Å²) >= 11 is 11.8. The van der Waals surface area contributed by atoms with Gasteiger partial charge in [0.2, 0.25) is 5.76 Å². The van der Waals surface area contributed by atoms with Gasteiger partial charge in [0.1, 0.15) is 0 Å². The van der Waals surface area contributed by atoms with Crippen molar-refractivity contribution >= 4 is 29.1 Å². The first kappa shape index (κ1) is 13.9. The molecule has 0 aliphatic heterocycles. The van der Waals surface area contributed by atoms with Crippen LogP contribution in [-0.2, 0) is 6.42 Å². The van der Waals surface area contributed by atoms with Crippen molar-refractivity contribution in [2.24, 2.45) is 0 Å². The largest absolute Gasteiger partial charge is 0.436 e. The van der Waals surface area contributed by atoms with E-state index in [-0.39, 0.29) is 11.7 Å². The third-order valence-electron chi connectivity index (χ3n) is 2.54. The second kappa shape index (κ2) is 6.08. The van der Waals surface area contributed by atoms with Crippen LogP contribution in [0.5, 0.6) is 0 Å². The monoisotopic (exact) mass is 298 g/mol. The number of amides is 1. The van der Waals surface area contributed by atoms with E-state index in [0.717, 1.165) is 5.56 Å². The maximum Gasteiger partial charge on any atom is 0.288 e. The van der Waals surface area contributed by atoms with Crippen molar-refractivity contribution in [2.75, 3.05) is 6.54 Å². The van der Waals surface area contributed by atoms with Crippen molar-refractivity contribution in [2.45, 2.75) is 13.3 Å². The SMILES string of the molecule is Cc1ncc(C(=O)NCCc2ccc(Cl)cc2Cl)o1. The second-order valence-electron chi connectivity index (χ2n) is 3.99. The Morgan fingerprint density at radius 3 is 2.84 bits per heavy atom. The van der Waals surface area contributed by atoms with Crippen LogP contribution in [0.15, 0.2) is 28.8 Å². The van der Waals surface area contributed by atoms with Gasteiger partial charge < -0.3 is 9.73 Å². The summed E-state index contributed by atoms with van der Waals surface area (Å²) in [7, 11) is 0. The van der Waals surface area contributed by atoms with Gasteiger partial charge in [-0.2, -0.15) is 0 Å². The Morgan fingerprint density at radius 2 is 2.21 bits per heavy atom. The number of aryl methyl sites for hydroxylation is 1. The number of carbonyl (C=O) groups is 1. The highest BCUT2D eigenvalue weighted by atomic mass is 35.5. The first-order valence-electron chi connectivity index (χ1n) is 5.71. The zero-order chi connectivity index (χ0) is 13.8. The standard InChI is InChI=1S/C13H12Cl2N2O2/c1-8-17-7-12(19-8)13(18)16-5-4-9-2-3-10(14)6-11(9)15/h2-3,6-7H,4-5H2,1H3,(H,16,18). The molecule has 19 heavy (non-hydrogen) atoms. The minimum Gasteiger partial charge on any atom is -0.436 e. The van der Waals surface area contributed by atoms with Crippen LogP contribution in [0, 0.1) is 6.92 Å². The lowest BCUT2D eigenvalue weighted by Crippen LogP contribution is -2.25. The molecule has 0 fully saturated rings. The normalized spacial score (nSPS) is 10.5. The number of nitrogens with zero attached hydrogens (tertiary/aromatic N) is 1. The van der Waals surface area contributed by atoms with Gasteiger partial charge in [-0.1, -0.05) is 29.3 Å². The molecule has 1 aromatic carbocycles. The van der Waals surface area contributed by atoms with E-state index in [2.05, 4.69) is 10.3 Å². The molecule has 0 aliphatic carbocycles. The molecule has 1 N–H and O–H groups in total. The van der Waals surface area contributed by atoms with E-state index in [9.17, 15) is 4.79 Å². The number of carbonyl (C=O) groups excluding carboxylic acids is 1. The zero-order valence-electron chi connectivity index (χ0n) is 10.2. The van der Waals surface area contributed by atoms with E-state index in [1.807, 2.05) is 6.07 Å². The maximum absolute atomic E-state index is 11.7. The lowest BCUT2D eigenvalue weighted by atomic mass is 10.1. The molecular weight excluding hydrogens is 287 g/mol. The van der Waals surface area contributed by atoms with Crippen LogP contribution in [0.3, 0.4) is 0 Å². The molecule has 0 aliphatic rings. The molecule has 6 heteroatoms. The zero-order valence-corrected chi connectivity index (χ0v) is 11.8. The fourth-order valence-electron chi connectivity index (χ4n) is 1.59. The van der Waals surface area contributed by atoms with Crippen LogP contribution < -0.4 is 5.32 Å². The van der Waals surface area contributed by atoms with E-state index >= 15 is 0 Å². The molecule has 4 nitrogen and oxygen atoms in total. The van der Waals surface area contributed by atoms with E-state index < -0.39 is 0 Å². The van der Waals surface area contributed by atoms with Crippen LogP contribution in [0.4, 0.5) is 0 Å². The van der Waals surface area contributed by atoms with E-state index in [4.69, 9.17) is 27.6 Å². The molecule has 0 radical (unpaired) electrons. The molecule has 0 spiro atoms. The lowest BCUT2D eigenvalue weighted by molar-refractivity contribution is 0.0925. The molecule has 1 amide bonds. The molecular formula is C13H12Cl2N2O2. The molecule has 2 rings (SSSR count). The van der Waals surface area contributed by atoms with Gasteiger partial charge in [0.15, 0.2) is 5.89 Å². The number of nitrogens with one attached hydrogen (secondary N) is 1. The number of halogens is 2. The van der Waals surface area contributed by atoms with Crippen molar-refractivity contribution in [3.05, 3.63) is 51.7 Å². The van der Waals surface area contributed by atoms with Crippen LogP contribution >= 0.6 is 23.2 Å². The number of rotatable bonds is 4. The van der Waals surface area contributed by atoms with Crippen LogP contribution in [-0.4, -0.2) is 17.4 Å². The van der Waals surface area contributed by atoms with Gasteiger partial charge in [-0.05, 0) is 24.1 Å². The number of hydrogen-bond donors (Lipinski definition) is 1. The summed E-state index contributed by atoms with van der Waals surface area (Å²) in [4.78, 5) is 15.6. The Balaban J connectivity index is 1.88. The van der Waals surface area contributed by atoms with Gasteiger partial charge in [0.05, 0.1) is 6.20 Å². The quantitative estimate of drug-likeness (QED) is 0.942. The Bertz CT molecular complexity index is 596. The second-order valence-corrected chi connectivity index (χ2v) is 4.83. The van der Waals surface area contributed by atoms with Crippen molar-refractivity contribution in [1.29, 1.82) is 0 Å². The minimum atomic E-state index is -0.286. The Hall–Kier alpha value is -1.52. The molecule has 0 saturated heterocycles. The summed E-state index contributed by atoms with van der Waals surface area (Å²) < 4.78 is 5.12. The molecule has 1 aromatic heterocycles. The van der Waals surface area contributed by atoms with Gasteiger partial charge in [0.25, 0.3) is 5.91 Å². The van der Waals surface area contributed by atoms with Gasteiger partial charge in [-0.3, -0.25) is 4.79 Å². The number of hydrogen-bond acceptors (Lipinski definition) is 3. The summed E-state index contributed by atoms with van der Waals surface area (Å²) in [6.07, 6.45) is 2.02. The summed E-state index contributed by atoms with van der Waals surface area (Å²) in [6, 6.07) is 5.29. The van der Waals surface area contributed by atoms with Crippen LogP contribution in [0.25, 0.3) is 0 Å². The third kappa shape index (κ3) is 3.72. The average Bonchev–Trinajstić information content (AvgIpc) is 2.78. The van der Waals surface area contributed by atoms with Gasteiger partial charge in [0, 0.05) is 23.5 Å². The first-order valence-corrected chi connectivity index (χ1v) is 6.46. The summed E-state index contributed by atoms with van der Waals surface area (Å²) in [5.74, 6) is 0.385. The predicted molar refractivity (Wildman–Crippen MR) is 73.7 cm³/mol. The smallest absolute Gasteiger partial charge is 0.288 e. The summed E-state index contributed by atoms with van der Waals surface area (Å²) in [6.45, 7) is 2.14. The maximum atomic E-state index is 11.7. The van der Waals surface area contributed by atoms with Gasteiger partial charge >= 0.3 is 0 Å². The first-order chi connectivity index (χ1) is 9.06.